The molecule has 0 atom stereocenters. The second-order valence-electron chi connectivity index (χ2n) is 5.30. The number of carbonyl (C=O) groups excluding carboxylic acids is 2. The van der Waals surface area contributed by atoms with E-state index in [0.717, 1.165) is 0 Å². The van der Waals surface area contributed by atoms with Gasteiger partial charge < -0.3 is 14.5 Å². The number of hydrogen-bond donors (Lipinski definition) is 2. The van der Waals surface area contributed by atoms with Gasteiger partial charge in [-0.05, 0) is 37.3 Å². The van der Waals surface area contributed by atoms with Crippen LogP contribution in [0.4, 0.5) is 5.69 Å². The quantitative estimate of drug-likeness (QED) is 0.447. The molecule has 0 unspecified atom stereocenters. The van der Waals surface area contributed by atoms with Gasteiger partial charge in [-0.3, -0.25) is 4.79 Å². The highest BCUT2D eigenvalue weighted by Gasteiger charge is 2.17. The molecule has 1 aromatic heterocycles. The van der Waals surface area contributed by atoms with Crippen molar-refractivity contribution in [3.05, 3.63) is 53.0 Å². The number of nitrogens with zero attached hydrogens (tertiary/aromatic N) is 1. The number of hydrogen-bond acceptors (Lipinski definition) is 7. The topological polar surface area (TPSA) is 152 Å². The van der Waals surface area contributed by atoms with Crippen molar-refractivity contribution in [1.29, 1.82) is 5.26 Å². The molecule has 0 spiro atoms. The number of amides is 1. The summed E-state index contributed by atoms with van der Waals surface area (Å²) in [6.07, 6.45) is 1.17. The summed E-state index contributed by atoms with van der Waals surface area (Å²) in [4.78, 5) is 23.7. The van der Waals surface area contributed by atoms with Crippen LogP contribution < -0.4 is 10.5 Å². The molecule has 3 N–H and O–H groups in total. The Hall–Kier alpha value is -3.42. The van der Waals surface area contributed by atoms with Crippen molar-refractivity contribution in [2.75, 3.05) is 12.4 Å². The molecule has 2 aromatic rings. The second kappa shape index (κ2) is 7.86. The Morgan fingerprint density at radius 1 is 1.30 bits per heavy atom. The number of methoxy groups -OCH3 is 1. The molecular weight excluding hydrogens is 374 g/mol. The first-order valence-corrected chi connectivity index (χ1v) is 8.95. The van der Waals surface area contributed by atoms with Crippen LogP contribution in [0, 0.1) is 18.3 Å². The number of esters is 1. The molecule has 9 nitrogen and oxygen atoms in total. The zero-order chi connectivity index (χ0) is 20.2. The van der Waals surface area contributed by atoms with Gasteiger partial charge in [-0.25, -0.2) is 18.4 Å². The molecular formula is C17H15N3O6S. The molecule has 27 heavy (non-hydrogen) atoms. The first-order chi connectivity index (χ1) is 12.7. The first-order valence-electron chi connectivity index (χ1n) is 7.40. The maximum atomic E-state index is 12.2. The molecule has 1 heterocycles. The maximum Gasteiger partial charge on any atom is 0.341 e. The summed E-state index contributed by atoms with van der Waals surface area (Å²) < 4.78 is 32.4. The highest BCUT2D eigenvalue weighted by molar-refractivity contribution is 7.89. The van der Waals surface area contributed by atoms with E-state index in [9.17, 15) is 23.3 Å². The lowest BCUT2D eigenvalue weighted by atomic mass is 10.2. The molecule has 0 bridgehead atoms. The number of anilines is 1. The molecule has 0 saturated heterocycles. The number of nitrogens with one attached hydrogen (secondary N) is 1. The van der Waals surface area contributed by atoms with Crippen molar-refractivity contribution < 1.29 is 27.2 Å². The Morgan fingerprint density at radius 3 is 2.44 bits per heavy atom. The van der Waals surface area contributed by atoms with Crippen LogP contribution in [0.2, 0.25) is 0 Å². The Labute approximate surface area is 155 Å². The zero-order valence-electron chi connectivity index (χ0n) is 14.3. The largest absolute Gasteiger partial charge is 0.465 e. The lowest BCUT2D eigenvalue weighted by Gasteiger charge is -2.05. The third-order valence-electron chi connectivity index (χ3n) is 3.43. The van der Waals surface area contributed by atoms with E-state index < -0.39 is 21.9 Å². The van der Waals surface area contributed by atoms with E-state index in [2.05, 4.69) is 10.1 Å². The number of nitriles is 1. The van der Waals surface area contributed by atoms with Crippen LogP contribution in [-0.4, -0.2) is 27.4 Å². The molecule has 0 saturated carbocycles. The molecule has 1 amide bonds. The van der Waals surface area contributed by atoms with Gasteiger partial charge in [0.15, 0.2) is 0 Å². The van der Waals surface area contributed by atoms with Crippen LogP contribution in [0.15, 0.2) is 45.2 Å². The van der Waals surface area contributed by atoms with Crippen LogP contribution in [-0.2, 0) is 19.6 Å². The molecule has 0 aliphatic carbocycles. The van der Waals surface area contributed by atoms with E-state index in [0.29, 0.717) is 0 Å². The average molecular weight is 389 g/mol. The molecule has 2 rings (SSSR count). The Balaban J connectivity index is 2.22. The summed E-state index contributed by atoms with van der Waals surface area (Å²) >= 11 is 0. The number of furan rings is 1. The fraction of sp³-hybridized carbons (Fsp3) is 0.118. The van der Waals surface area contributed by atoms with Crippen molar-refractivity contribution in [2.45, 2.75) is 11.8 Å². The van der Waals surface area contributed by atoms with Gasteiger partial charge in [0.05, 0.1) is 12.0 Å². The van der Waals surface area contributed by atoms with Crippen LogP contribution in [0.5, 0.6) is 0 Å². The number of carbonyl (C=O) groups is 2. The minimum atomic E-state index is -3.85. The number of ether oxygens (including phenoxy) is 1. The monoisotopic (exact) mass is 389 g/mol. The smallest absolute Gasteiger partial charge is 0.341 e. The highest BCUT2D eigenvalue weighted by Crippen LogP contribution is 2.19. The molecule has 0 fully saturated rings. The minimum absolute atomic E-state index is 0.113. The summed E-state index contributed by atoms with van der Waals surface area (Å²) in [7, 11) is -2.63. The van der Waals surface area contributed by atoms with Gasteiger partial charge in [0.1, 0.15) is 28.7 Å². The Morgan fingerprint density at radius 2 is 1.93 bits per heavy atom. The predicted octanol–water partition coefficient (Wildman–Crippen LogP) is 1.57. The number of aryl methyl sites for hydroxylation is 1. The summed E-state index contributed by atoms with van der Waals surface area (Å²) in [5, 5.41) is 16.7. The van der Waals surface area contributed by atoms with Gasteiger partial charge in [0, 0.05) is 11.8 Å². The lowest BCUT2D eigenvalue weighted by Crippen LogP contribution is -2.14. The van der Waals surface area contributed by atoms with Gasteiger partial charge in [-0.2, -0.15) is 5.26 Å². The van der Waals surface area contributed by atoms with Gasteiger partial charge in [-0.1, -0.05) is 0 Å². The van der Waals surface area contributed by atoms with Crippen molar-refractivity contribution in [2.24, 2.45) is 5.14 Å². The fourth-order valence-corrected chi connectivity index (χ4v) is 2.62. The molecule has 0 aliphatic heterocycles. The van der Waals surface area contributed by atoms with Gasteiger partial charge in [0.2, 0.25) is 10.0 Å². The van der Waals surface area contributed by atoms with Crippen molar-refractivity contribution >= 4 is 33.7 Å². The van der Waals surface area contributed by atoms with Gasteiger partial charge in [0.25, 0.3) is 5.91 Å². The van der Waals surface area contributed by atoms with E-state index in [4.69, 9.17) is 9.56 Å². The van der Waals surface area contributed by atoms with Crippen LogP contribution in [0.25, 0.3) is 6.08 Å². The van der Waals surface area contributed by atoms with Crippen LogP contribution >= 0.6 is 0 Å². The van der Waals surface area contributed by atoms with E-state index in [-0.39, 0.29) is 33.2 Å². The minimum Gasteiger partial charge on any atom is -0.465 e. The van der Waals surface area contributed by atoms with E-state index in [1.165, 1.54) is 43.5 Å². The number of primary sulfonamides is 1. The number of benzene rings is 1. The van der Waals surface area contributed by atoms with Gasteiger partial charge in [-0.15, -0.1) is 0 Å². The SMILES string of the molecule is COC(=O)c1cc(/C=C(\C#N)C(=O)Nc2ccc(S(N)(=O)=O)cc2)oc1C. The number of nitrogens with two attached hydrogens (primary N) is 1. The predicted molar refractivity (Wildman–Crippen MR) is 94.8 cm³/mol. The summed E-state index contributed by atoms with van der Waals surface area (Å²) in [5.74, 6) is -0.933. The Bertz CT molecular complexity index is 1060. The molecule has 140 valence electrons. The summed E-state index contributed by atoms with van der Waals surface area (Å²) in [6, 6.07) is 8.20. The fourth-order valence-electron chi connectivity index (χ4n) is 2.11. The maximum absolute atomic E-state index is 12.2. The normalized spacial score (nSPS) is 11.6. The summed E-state index contributed by atoms with van der Waals surface area (Å²) in [5.41, 5.74) is 0.162. The van der Waals surface area contributed by atoms with E-state index in [1.807, 2.05) is 0 Å². The molecule has 0 aliphatic rings. The number of rotatable bonds is 5. The van der Waals surface area contributed by atoms with Crippen LogP contribution in [0.3, 0.4) is 0 Å². The molecule has 0 radical (unpaired) electrons. The lowest BCUT2D eigenvalue weighted by molar-refractivity contribution is -0.112. The highest BCUT2D eigenvalue weighted by atomic mass is 32.2. The molecule has 10 heteroatoms. The average Bonchev–Trinajstić information content (AvgIpc) is 2.99. The molecule has 1 aromatic carbocycles. The van der Waals surface area contributed by atoms with E-state index >= 15 is 0 Å². The van der Waals surface area contributed by atoms with Crippen LogP contribution in [0.1, 0.15) is 21.9 Å². The van der Waals surface area contributed by atoms with Crippen molar-refractivity contribution in [3.8, 4) is 6.07 Å². The number of sulfonamides is 1. The Kier molecular flexibility index (Phi) is 5.79. The van der Waals surface area contributed by atoms with Crippen molar-refractivity contribution in [1.82, 2.24) is 0 Å². The van der Waals surface area contributed by atoms with Gasteiger partial charge >= 0.3 is 5.97 Å². The third-order valence-corrected chi connectivity index (χ3v) is 4.36. The third kappa shape index (κ3) is 4.81. The zero-order valence-corrected chi connectivity index (χ0v) is 15.2. The van der Waals surface area contributed by atoms with E-state index in [1.54, 1.807) is 13.0 Å². The first kappa shape index (κ1) is 19.9. The van der Waals surface area contributed by atoms with Crippen molar-refractivity contribution in [3.63, 3.8) is 0 Å². The summed E-state index contributed by atoms with van der Waals surface area (Å²) in [6.45, 7) is 1.54. The standard InChI is InChI=1S/C17H15N3O6S/c1-10-15(17(22)25-2)8-13(26-10)7-11(9-18)16(21)20-12-3-5-14(6-4-12)27(19,23)24/h3-8H,1-2H3,(H,20,21)(H2,19,23,24)/b11-7+. The second-order valence-corrected chi connectivity index (χ2v) is 6.86.